The van der Waals surface area contributed by atoms with Crippen LogP contribution in [0.15, 0.2) is 239 Å². The molecule has 0 unspecified atom stereocenters. The minimum atomic E-state index is 0.842. The van der Waals surface area contributed by atoms with Gasteiger partial charge >= 0.3 is 0 Å². The first-order valence-corrected chi connectivity index (χ1v) is 21.7. The molecule has 0 saturated carbocycles. The molecule has 0 fully saturated rings. The minimum absolute atomic E-state index is 0.842. The van der Waals surface area contributed by atoms with Crippen molar-refractivity contribution >= 4 is 82.7 Å². The van der Waals surface area contributed by atoms with E-state index in [9.17, 15) is 0 Å². The second-order valence-electron chi connectivity index (χ2n) is 16.5. The quantitative estimate of drug-likeness (QED) is 0.161. The molecule has 3 heterocycles. The molecule has 3 aromatic heterocycles. The average Bonchev–Trinajstić information content (AvgIpc) is 4.04. The van der Waals surface area contributed by atoms with Crippen LogP contribution < -0.4 is 4.90 Å². The molecule has 4 heteroatoms. The fourth-order valence-electron chi connectivity index (χ4n) is 9.75. The van der Waals surface area contributed by atoms with Crippen molar-refractivity contribution < 1.29 is 8.83 Å². The van der Waals surface area contributed by atoms with E-state index in [0.717, 1.165) is 88.9 Å². The number of hydrogen-bond donors (Lipinski definition) is 0. The van der Waals surface area contributed by atoms with Crippen LogP contribution in [0, 0.1) is 0 Å². The highest BCUT2D eigenvalue weighted by Gasteiger charge is 2.21. The zero-order valence-electron chi connectivity index (χ0n) is 34.7. The summed E-state index contributed by atoms with van der Waals surface area (Å²) in [7, 11) is 0. The standard InChI is InChI=1S/C60H38N2O2/c1-3-12-39(13-4-1)40-22-29-46(30-23-40)61(47-31-24-41(25-32-47)42-27-34-57-51(37-42)49-17-8-10-20-56(49)63-57)55-19-11-21-59-60(55)52-38-44(28-35-58(52)64-59)43-26-33-54-50(36-43)48-16-7-9-18-53(48)62(54)45-14-5-2-6-15-45/h1-38H. The number of hydrogen-bond acceptors (Lipinski definition) is 3. The molecule has 13 rings (SSSR count). The van der Waals surface area contributed by atoms with E-state index < -0.39 is 0 Å². The van der Waals surface area contributed by atoms with E-state index in [0.29, 0.717) is 0 Å². The van der Waals surface area contributed by atoms with Crippen LogP contribution in [0.1, 0.15) is 0 Å². The van der Waals surface area contributed by atoms with Gasteiger partial charge in [-0.25, -0.2) is 0 Å². The van der Waals surface area contributed by atoms with Gasteiger partial charge < -0.3 is 18.3 Å². The number of para-hydroxylation sites is 3. The zero-order chi connectivity index (χ0) is 42.1. The first kappa shape index (κ1) is 36.1. The van der Waals surface area contributed by atoms with Crippen LogP contribution in [-0.4, -0.2) is 4.57 Å². The summed E-state index contributed by atoms with van der Waals surface area (Å²) in [4.78, 5) is 2.36. The van der Waals surface area contributed by atoms with Gasteiger partial charge in [0.2, 0.25) is 0 Å². The van der Waals surface area contributed by atoms with E-state index in [1.807, 2.05) is 12.1 Å². The highest BCUT2D eigenvalue weighted by molar-refractivity contribution is 6.15. The van der Waals surface area contributed by atoms with Crippen LogP contribution >= 0.6 is 0 Å². The third-order valence-corrected chi connectivity index (χ3v) is 12.8. The van der Waals surface area contributed by atoms with Gasteiger partial charge in [0.05, 0.1) is 22.1 Å². The molecule has 0 spiro atoms. The fourth-order valence-corrected chi connectivity index (χ4v) is 9.75. The Morgan fingerprint density at radius 1 is 0.297 bits per heavy atom. The van der Waals surface area contributed by atoms with Crippen LogP contribution in [0.3, 0.4) is 0 Å². The second kappa shape index (κ2) is 14.5. The molecule has 0 saturated heterocycles. The fraction of sp³-hybridized carbons (Fsp3) is 0. The summed E-state index contributed by atoms with van der Waals surface area (Å²) in [6.45, 7) is 0. The van der Waals surface area contributed by atoms with Gasteiger partial charge in [-0.1, -0.05) is 133 Å². The van der Waals surface area contributed by atoms with Gasteiger partial charge in [0.15, 0.2) is 0 Å². The van der Waals surface area contributed by atoms with E-state index in [2.05, 4.69) is 228 Å². The predicted octanol–water partition coefficient (Wildman–Crippen LogP) is 17.1. The van der Waals surface area contributed by atoms with Gasteiger partial charge in [0.1, 0.15) is 22.3 Å². The smallest absolute Gasteiger partial charge is 0.137 e. The van der Waals surface area contributed by atoms with Gasteiger partial charge in [-0.2, -0.15) is 0 Å². The van der Waals surface area contributed by atoms with Crippen molar-refractivity contribution in [1.29, 1.82) is 0 Å². The maximum atomic E-state index is 6.66. The number of furan rings is 2. The van der Waals surface area contributed by atoms with E-state index in [4.69, 9.17) is 8.83 Å². The molecule has 0 aliphatic heterocycles. The minimum Gasteiger partial charge on any atom is -0.456 e. The van der Waals surface area contributed by atoms with Crippen molar-refractivity contribution in [2.24, 2.45) is 0 Å². The van der Waals surface area contributed by atoms with Gasteiger partial charge in [-0.05, 0) is 130 Å². The third kappa shape index (κ3) is 5.84. The normalized spacial score (nSPS) is 11.8. The van der Waals surface area contributed by atoms with Crippen molar-refractivity contribution in [3.8, 4) is 39.1 Å². The zero-order valence-corrected chi connectivity index (χ0v) is 34.7. The maximum absolute atomic E-state index is 6.66. The summed E-state index contributed by atoms with van der Waals surface area (Å²) in [6.07, 6.45) is 0. The lowest BCUT2D eigenvalue weighted by atomic mass is 9.99. The molecule has 64 heavy (non-hydrogen) atoms. The lowest BCUT2D eigenvalue weighted by molar-refractivity contribution is 0.668. The van der Waals surface area contributed by atoms with Gasteiger partial charge in [0, 0.05) is 44.0 Å². The van der Waals surface area contributed by atoms with Crippen molar-refractivity contribution in [2.75, 3.05) is 4.90 Å². The lowest BCUT2D eigenvalue weighted by Gasteiger charge is -2.26. The summed E-state index contributed by atoms with van der Waals surface area (Å²) < 4.78 is 15.2. The molecular weight excluding hydrogens is 781 g/mol. The van der Waals surface area contributed by atoms with Crippen molar-refractivity contribution in [1.82, 2.24) is 4.57 Å². The number of aromatic nitrogens is 1. The van der Waals surface area contributed by atoms with Crippen molar-refractivity contribution in [2.45, 2.75) is 0 Å². The largest absolute Gasteiger partial charge is 0.456 e. The van der Waals surface area contributed by atoms with Crippen LogP contribution in [0.4, 0.5) is 17.1 Å². The molecule has 0 aliphatic rings. The predicted molar refractivity (Wildman–Crippen MR) is 266 cm³/mol. The lowest BCUT2D eigenvalue weighted by Crippen LogP contribution is -2.10. The molecule has 10 aromatic carbocycles. The van der Waals surface area contributed by atoms with Crippen molar-refractivity contribution in [3.63, 3.8) is 0 Å². The van der Waals surface area contributed by atoms with Gasteiger partial charge in [-0.3, -0.25) is 0 Å². The molecule has 0 radical (unpaired) electrons. The second-order valence-corrected chi connectivity index (χ2v) is 16.5. The molecule has 0 bridgehead atoms. The SMILES string of the molecule is c1ccc(-c2ccc(N(c3ccc(-c4ccc5oc6ccccc6c5c4)cc3)c3cccc4oc5ccc(-c6ccc7c(c6)c6ccccc6n7-c6ccccc6)cc5c34)cc2)cc1. The number of benzene rings is 10. The number of rotatable bonds is 7. The Hall–Kier alpha value is -8.60. The Balaban J connectivity index is 0.953. The average molecular weight is 819 g/mol. The summed E-state index contributed by atoms with van der Waals surface area (Å²) in [5, 5.41) is 6.83. The molecule has 0 atom stereocenters. The first-order chi connectivity index (χ1) is 31.7. The van der Waals surface area contributed by atoms with E-state index in [1.165, 1.54) is 32.9 Å². The Morgan fingerprint density at radius 2 is 0.781 bits per heavy atom. The van der Waals surface area contributed by atoms with Crippen molar-refractivity contribution in [3.05, 3.63) is 231 Å². The summed E-state index contributed by atoms with van der Waals surface area (Å²) >= 11 is 0. The molecule has 0 amide bonds. The first-order valence-electron chi connectivity index (χ1n) is 21.7. The Kier molecular flexibility index (Phi) is 8.18. The summed E-state index contributed by atoms with van der Waals surface area (Å²) in [5.74, 6) is 0. The summed E-state index contributed by atoms with van der Waals surface area (Å²) in [5.41, 5.74) is 17.1. The van der Waals surface area contributed by atoms with Gasteiger partial charge in [-0.15, -0.1) is 0 Å². The number of fused-ring (bicyclic) bond motifs is 9. The maximum Gasteiger partial charge on any atom is 0.137 e. The molecule has 13 aromatic rings. The van der Waals surface area contributed by atoms with Crippen LogP contribution in [0.5, 0.6) is 0 Å². The Bertz CT molecular complexity index is 3880. The van der Waals surface area contributed by atoms with Crippen LogP contribution in [0.2, 0.25) is 0 Å². The Morgan fingerprint density at radius 3 is 1.53 bits per heavy atom. The summed E-state index contributed by atoms with van der Waals surface area (Å²) in [6, 6.07) is 82.2. The number of anilines is 3. The Labute approximate surface area is 369 Å². The molecule has 300 valence electrons. The van der Waals surface area contributed by atoms with E-state index >= 15 is 0 Å². The molecule has 4 nitrogen and oxygen atoms in total. The highest BCUT2D eigenvalue weighted by atomic mass is 16.3. The number of nitrogens with zero attached hydrogens (tertiary/aromatic N) is 2. The van der Waals surface area contributed by atoms with Gasteiger partial charge in [0.25, 0.3) is 0 Å². The topological polar surface area (TPSA) is 34.5 Å². The van der Waals surface area contributed by atoms with Crippen LogP contribution in [0.25, 0.3) is 105 Å². The van der Waals surface area contributed by atoms with E-state index in [-0.39, 0.29) is 0 Å². The monoisotopic (exact) mass is 818 g/mol. The third-order valence-electron chi connectivity index (χ3n) is 12.8. The molecular formula is C60H38N2O2. The molecule has 0 aliphatic carbocycles. The highest BCUT2D eigenvalue weighted by Crippen LogP contribution is 2.45. The van der Waals surface area contributed by atoms with Crippen LogP contribution in [-0.2, 0) is 0 Å². The molecule has 0 N–H and O–H groups in total. The van der Waals surface area contributed by atoms with E-state index in [1.54, 1.807) is 0 Å².